The maximum absolute atomic E-state index is 5.94. The highest BCUT2D eigenvalue weighted by Gasteiger charge is 2.23. The van der Waals surface area contributed by atoms with Gasteiger partial charge in [0, 0.05) is 24.7 Å². The highest BCUT2D eigenvalue weighted by Crippen LogP contribution is 2.33. The van der Waals surface area contributed by atoms with E-state index in [1.165, 1.54) is 19.3 Å². The summed E-state index contributed by atoms with van der Waals surface area (Å²) in [6.45, 7) is 4.23. The second-order valence-electron chi connectivity index (χ2n) is 5.74. The first-order chi connectivity index (χ1) is 10.2. The zero-order chi connectivity index (χ0) is 14.8. The molecule has 1 fully saturated rings. The first-order valence-electron chi connectivity index (χ1n) is 7.63. The standard InChI is InChI=1S/C17H21N3S/c1-2-20(11-12-6-5-7-12)16-13-8-3-4-9-15(13)19-10-14(16)17(18)21/h3-4,8-10,12H,2,5-7,11H2,1H3,(H2,18,21). The zero-order valence-electron chi connectivity index (χ0n) is 12.4. The van der Waals surface area contributed by atoms with Crippen LogP contribution in [0, 0.1) is 5.92 Å². The Kier molecular flexibility index (Phi) is 4.06. The Balaban J connectivity index is 2.11. The summed E-state index contributed by atoms with van der Waals surface area (Å²) < 4.78 is 0. The third-order valence-electron chi connectivity index (χ3n) is 4.41. The lowest BCUT2D eigenvalue weighted by atomic mass is 9.85. The lowest BCUT2D eigenvalue weighted by molar-refractivity contribution is 0.318. The van der Waals surface area contributed by atoms with Crippen LogP contribution in [0.2, 0.25) is 0 Å². The van der Waals surface area contributed by atoms with Crippen molar-refractivity contribution >= 4 is 33.8 Å². The molecule has 4 heteroatoms. The summed E-state index contributed by atoms with van der Waals surface area (Å²) in [5.41, 5.74) is 8.99. The minimum atomic E-state index is 0.426. The van der Waals surface area contributed by atoms with E-state index in [-0.39, 0.29) is 0 Å². The third-order valence-corrected chi connectivity index (χ3v) is 4.63. The van der Waals surface area contributed by atoms with Crippen LogP contribution in [0.25, 0.3) is 10.9 Å². The molecule has 21 heavy (non-hydrogen) atoms. The molecule has 0 spiro atoms. The molecule has 0 atom stereocenters. The van der Waals surface area contributed by atoms with Crippen molar-refractivity contribution < 1.29 is 0 Å². The Labute approximate surface area is 131 Å². The van der Waals surface area contributed by atoms with Crippen molar-refractivity contribution in [3.63, 3.8) is 0 Å². The topological polar surface area (TPSA) is 42.1 Å². The summed E-state index contributed by atoms with van der Waals surface area (Å²) in [5, 5.41) is 1.14. The minimum absolute atomic E-state index is 0.426. The predicted molar refractivity (Wildman–Crippen MR) is 92.9 cm³/mol. The molecule has 1 aromatic heterocycles. The van der Waals surface area contributed by atoms with Crippen LogP contribution < -0.4 is 10.6 Å². The van der Waals surface area contributed by atoms with Gasteiger partial charge in [-0.15, -0.1) is 0 Å². The highest BCUT2D eigenvalue weighted by atomic mass is 32.1. The van der Waals surface area contributed by atoms with E-state index in [4.69, 9.17) is 18.0 Å². The first-order valence-corrected chi connectivity index (χ1v) is 8.04. The molecule has 0 saturated heterocycles. The Bertz CT molecular complexity index is 664. The summed E-state index contributed by atoms with van der Waals surface area (Å²) in [4.78, 5) is 7.34. The zero-order valence-corrected chi connectivity index (χ0v) is 13.2. The molecular weight excluding hydrogens is 278 g/mol. The van der Waals surface area contributed by atoms with Gasteiger partial charge in [-0.1, -0.05) is 36.8 Å². The van der Waals surface area contributed by atoms with Gasteiger partial charge in [-0.05, 0) is 31.7 Å². The van der Waals surface area contributed by atoms with E-state index in [2.05, 4.69) is 22.9 Å². The van der Waals surface area contributed by atoms with E-state index in [0.717, 1.165) is 41.2 Å². The van der Waals surface area contributed by atoms with E-state index in [1.807, 2.05) is 24.4 Å². The summed E-state index contributed by atoms with van der Waals surface area (Å²) in [5.74, 6) is 0.802. The second-order valence-corrected chi connectivity index (χ2v) is 6.18. The lowest BCUT2D eigenvalue weighted by Gasteiger charge is -2.34. The molecule has 3 rings (SSSR count). The first kappa shape index (κ1) is 14.3. The van der Waals surface area contributed by atoms with E-state index >= 15 is 0 Å². The quantitative estimate of drug-likeness (QED) is 0.858. The van der Waals surface area contributed by atoms with Gasteiger partial charge < -0.3 is 10.6 Å². The van der Waals surface area contributed by atoms with E-state index in [0.29, 0.717) is 4.99 Å². The Hall–Kier alpha value is -1.68. The predicted octanol–water partition coefficient (Wildman–Crippen LogP) is 3.50. The number of nitrogens with zero attached hydrogens (tertiary/aromatic N) is 2. The maximum atomic E-state index is 5.94. The molecule has 3 nitrogen and oxygen atoms in total. The third kappa shape index (κ3) is 2.72. The van der Waals surface area contributed by atoms with Gasteiger partial charge in [0.15, 0.2) is 0 Å². The number of thiocarbonyl (C=S) groups is 1. The number of benzene rings is 1. The Morgan fingerprint density at radius 3 is 2.76 bits per heavy atom. The van der Waals surface area contributed by atoms with Gasteiger partial charge in [-0.25, -0.2) is 0 Å². The Morgan fingerprint density at radius 1 is 1.38 bits per heavy atom. The smallest absolute Gasteiger partial charge is 0.107 e. The number of aromatic nitrogens is 1. The average Bonchev–Trinajstić information content (AvgIpc) is 2.45. The molecule has 1 heterocycles. The molecule has 2 N–H and O–H groups in total. The molecule has 1 aliphatic rings. The number of pyridine rings is 1. The van der Waals surface area contributed by atoms with E-state index in [9.17, 15) is 0 Å². The summed E-state index contributed by atoms with van der Waals surface area (Å²) in [6, 6.07) is 8.22. The van der Waals surface area contributed by atoms with Crippen molar-refractivity contribution in [3.8, 4) is 0 Å². The van der Waals surface area contributed by atoms with Gasteiger partial charge in [-0.3, -0.25) is 4.98 Å². The average molecular weight is 299 g/mol. The molecule has 0 unspecified atom stereocenters. The molecule has 1 aliphatic carbocycles. The van der Waals surface area contributed by atoms with E-state index in [1.54, 1.807) is 0 Å². The fourth-order valence-corrected chi connectivity index (χ4v) is 3.16. The van der Waals surface area contributed by atoms with Crippen LogP contribution in [-0.4, -0.2) is 23.1 Å². The largest absolute Gasteiger partial charge is 0.389 e. The molecule has 2 aromatic rings. The normalized spacial score (nSPS) is 14.9. The van der Waals surface area contributed by atoms with Gasteiger partial charge in [-0.2, -0.15) is 0 Å². The Morgan fingerprint density at radius 2 is 2.14 bits per heavy atom. The van der Waals surface area contributed by atoms with Gasteiger partial charge in [0.2, 0.25) is 0 Å². The number of hydrogen-bond acceptors (Lipinski definition) is 3. The summed E-state index contributed by atoms with van der Waals surface area (Å²) in [6.07, 6.45) is 5.86. The molecule has 0 radical (unpaired) electrons. The number of anilines is 1. The van der Waals surface area contributed by atoms with Crippen molar-refractivity contribution in [3.05, 3.63) is 36.0 Å². The van der Waals surface area contributed by atoms with Gasteiger partial charge >= 0.3 is 0 Å². The molecule has 1 saturated carbocycles. The summed E-state index contributed by atoms with van der Waals surface area (Å²) in [7, 11) is 0. The van der Waals surface area contributed by atoms with Gasteiger partial charge in [0.05, 0.1) is 16.8 Å². The molecule has 0 amide bonds. The van der Waals surface area contributed by atoms with Crippen LogP contribution >= 0.6 is 12.2 Å². The fourth-order valence-electron chi connectivity index (χ4n) is 3.01. The van der Waals surface area contributed by atoms with Crippen molar-refractivity contribution in [1.82, 2.24) is 4.98 Å². The molecule has 110 valence electrons. The number of fused-ring (bicyclic) bond motifs is 1. The second kappa shape index (κ2) is 5.98. The number of para-hydroxylation sites is 1. The maximum Gasteiger partial charge on any atom is 0.107 e. The van der Waals surface area contributed by atoms with Crippen LogP contribution in [0.3, 0.4) is 0 Å². The molecule has 1 aromatic carbocycles. The minimum Gasteiger partial charge on any atom is -0.389 e. The molecule has 0 aliphatic heterocycles. The fraction of sp³-hybridized carbons (Fsp3) is 0.412. The van der Waals surface area contributed by atoms with Crippen LogP contribution in [0.5, 0.6) is 0 Å². The van der Waals surface area contributed by atoms with Crippen molar-refractivity contribution in [2.24, 2.45) is 11.7 Å². The number of rotatable bonds is 5. The number of nitrogens with two attached hydrogens (primary N) is 1. The van der Waals surface area contributed by atoms with Gasteiger partial charge in [0.1, 0.15) is 4.99 Å². The van der Waals surface area contributed by atoms with Crippen LogP contribution in [0.1, 0.15) is 31.7 Å². The van der Waals surface area contributed by atoms with Gasteiger partial charge in [0.25, 0.3) is 0 Å². The number of hydrogen-bond donors (Lipinski definition) is 1. The monoisotopic (exact) mass is 299 g/mol. The summed E-state index contributed by atoms with van der Waals surface area (Å²) >= 11 is 5.25. The van der Waals surface area contributed by atoms with Crippen LogP contribution in [0.4, 0.5) is 5.69 Å². The van der Waals surface area contributed by atoms with Crippen LogP contribution in [0.15, 0.2) is 30.5 Å². The van der Waals surface area contributed by atoms with Crippen LogP contribution in [-0.2, 0) is 0 Å². The van der Waals surface area contributed by atoms with Crippen molar-refractivity contribution in [2.45, 2.75) is 26.2 Å². The SMILES string of the molecule is CCN(CC1CCC1)c1c(C(N)=S)cnc2ccccc12. The molecular formula is C17H21N3S. The van der Waals surface area contributed by atoms with Crippen molar-refractivity contribution in [2.75, 3.05) is 18.0 Å². The molecule has 0 bridgehead atoms. The highest BCUT2D eigenvalue weighted by molar-refractivity contribution is 7.80. The van der Waals surface area contributed by atoms with Crippen molar-refractivity contribution in [1.29, 1.82) is 0 Å². The van der Waals surface area contributed by atoms with E-state index < -0.39 is 0 Å². The lowest BCUT2D eigenvalue weighted by Crippen LogP contribution is -2.34.